The SMILES string of the molecule is c1ccc(Nc2ccc3nc(-c4ccc5[nH]ccc5c4)[nH]c3c2)cc1. The lowest BCUT2D eigenvalue weighted by atomic mass is 10.1. The van der Waals surface area contributed by atoms with Crippen LogP contribution in [0.3, 0.4) is 0 Å². The van der Waals surface area contributed by atoms with Gasteiger partial charge in [0.2, 0.25) is 0 Å². The van der Waals surface area contributed by atoms with Gasteiger partial charge >= 0.3 is 0 Å². The Hall–Kier alpha value is -3.53. The number of benzene rings is 3. The molecule has 0 radical (unpaired) electrons. The Labute approximate surface area is 144 Å². The van der Waals surface area contributed by atoms with E-state index in [1.807, 2.05) is 30.5 Å². The summed E-state index contributed by atoms with van der Waals surface area (Å²) in [5.74, 6) is 0.884. The second-order valence-corrected chi connectivity index (χ2v) is 6.09. The van der Waals surface area contributed by atoms with Crippen LogP contribution in [-0.4, -0.2) is 15.0 Å². The van der Waals surface area contributed by atoms with E-state index in [0.717, 1.165) is 39.3 Å². The van der Waals surface area contributed by atoms with Crippen molar-refractivity contribution in [3.05, 3.63) is 79.0 Å². The maximum absolute atomic E-state index is 4.73. The normalized spacial score (nSPS) is 11.2. The number of anilines is 2. The average molecular weight is 324 g/mol. The fourth-order valence-electron chi connectivity index (χ4n) is 3.11. The first-order valence-electron chi connectivity index (χ1n) is 8.24. The number of para-hydroxylation sites is 1. The first-order chi connectivity index (χ1) is 12.3. The fraction of sp³-hybridized carbons (Fsp3) is 0. The number of imidazole rings is 1. The van der Waals surface area contributed by atoms with Gasteiger partial charge in [-0.1, -0.05) is 18.2 Å². The standard InChI is InChI=1S/C21H16N4/c1-2-4-16(5-3-1)23-17-7-9-19-20(13-17)25-21(24-19)15-6-8-18-14(12-15)10-11-22-18/h1-13,22-23H,(H,24,25). The van der Waals surface area contributed by atoms with Gasteiger partial charge in [0.25, 0.3) is 0 Å². The molecule has 25 heavy (non-hydrogen) atoms. The number of fused-ring (bicyclic) bond motifs is 2. The molecule has 0 atom stereocenters. The highest BCUT2D eigenvalue weighted by Gasteiger charge is 2.07. The minimum absolute atomic E-state index is 0.884. The number of hydrogen-bond acceptors (Lipinski definition) is 2. The van der Waals surface area contributed by atoms with Crippen molar-refractivity contribution >= 4 is 33.3 Å². The van der Waals surface area contributed by atoms with E-state index in [1.54, 1.807) is 0 Å². The molecule has 0 aliphatic heterocycles. The molecule has 0 fully saturated rings. The van der Waals surface area contributed by atoms with E-state index in [2.05, 4.69) is 63.8 Å². The molecule has 4 heteroatoms. The number of hydrogen-bond donors (Lipinski definition) is 3. The highest BCUT2D eigenvalue weighted by molar-refractivity contribution is 5.87. The molecule has 0 aliphatic rings. The van der Waals surface area contributed by atoms with Crippen LogP contribution < -0.4 is 5.32 Å². The summed E-state index contributed by atoms with van der Waals surface area (Å²) in [6.07, 6.45) is 1.95. The summed E-state index contributed by atoms with van der Waals surface area (Å²) in [5.41, 5.74) is 6.30. The molecular weight excluding hydrogens is 308 g/mol. The van der Waals surface area contributed by atoms with E-state index in [0.29, 0.717) is 0 Å². The maximum atomic E-state index is 4.73. The Morgan fingerprint density at radius 2 is 1.68 bits per heavy atom. The quantitative estimate of drug-likeness (QED) is 0.413. The summed E-state index contributed by atoms with van der Waals surface area (Å²) in [5, 5.41) is 4.60. The lowest BCUT2D eigenvalue weighted by Gasteiger charge is -2.05. The average Bonchev–Trinajstić information content (AvgIpc) is 3.28. The molecule has 0 unspecified atom stereocenters. The Bertz CT molecular complexity index is 1170. The number of H-pyrrole nitrogens is 2. The van der Waals surface area contributed by atoms with Crippen molar-refractivity contribution < 1.29 is 0 Å². The number of rotatable bonds is 3. The topological polar surface area (TPSA) is 56.5 Å². The van der Waals surface area contributed by atoms with Gasteiger partial charge in [0.15, 0.2) is 0 Å². The van der Waals surface area contributed by atoms with Crippen molar-refractivity contribution in [1.82, 2.24) is 15.0 Å². The Kier molecular flexibility index (Phi) is 3.07. The first kappa shape index (κ1) is 13.9. The van der Waals surface area contributed by atoms with Gasteiger partial charge in [0.05, 0.1) is 11.0 Å². The molecule has 5 rings (SSSR count). The lowest BCUT2D eigenvalue weighted by Crippen LogP contribution is -1.89. The minimum atomic E-state index is 0.884. The van der Waals surface area contributed by atoms with Crippen LogP contribution in [0.5, 0.6) is 0 Å². The second kappa shape index (κ2) is 5.53. The molecule has 0 bridgehead atoms. The lowest BCUT2D eigenvalue weighted by molar-refractivity contribution is 1.34. The van der Waals surface area contributed by atoms with E-state index >= 15 is 0 Å². The smallest absolute Gasteiger partial charge is 0.138 e. The molecule has 2 aromatic heterocycles. The molecule has 120 valence electrons. The van der Waals surface area contributed by atoms with Crippen LogP contribution in [0.1, 0.15) is 0 Å². The van der Waals surface area contributed by atoms with Crippen LogP contribution in [0.4, 0.5) is 11.4 Å². The molecule has 3 N–H and O–H groups in total. The Balaban J connectivity index is 1.52. The number of aromatic amines is 2. The van der Waals surface area contributed by atoms with E-state index in [1.165, 1.54) is 5.39 Å². The van der Waals surface area contributed by atoms with Crippen LogP contribution in [0.15, 0.2) is 79.0 Å². The van der Waals surface area contributed by atoms with Gasteiger partial charge < -0.3 is 15.3 Å². The monoisotopic (exact) mass is 324 g/mol. The van der Waals surface area contributed by atoms with Gasteiger partial charge in [-0.05, 0) is 54.6 Å². The third kappa shape index (κ3) is 2.54. The van der Waals surface area contributed by atoms with Crippen molar-refractivity contribution in [3.63, 3.8) is 0 Å². The van der Waals surface area contributed by atoms with Gasteiger partial charge in [-0.15, -0.1) is 0 Å². The van der Waals surface area contributed by atoms with E-state index in [-0.39, 0.29) is 0 Å². The van der Waals surface area contributed by atoms with Crippen molar-refractivity contribution in [2.24, 2.45) is 0 Å². The summed E-state index contributed by atoms with van der Waals surface area (Å²) in [4.78, 5) is 11.4. The molecule has 0 saturated heterocycles. The third-order valence-corrected chi connectivity index (χ3v) is 4.37. The van der Waals surface area contributed by atoms with Crippen LogP contribution >= 0.6 is 0 Å². The molecule has 0 spiro atoms. The largest absolute Gasteiger partial charge is 0.361 e. The van der Waals surface area contributed by atoms with Gasteiger partial charge in [-0.3, -0.25) is 0 Å². The van der Waals surface area contributed by atoms with Crippen LogP contribution in [0.2, 0.25) is 0 Å². The van der Waals surface area contributed by atoms with Crippen LogP contribution in [-0.2, 0) is 0 Å². The number of nitrogens with zero attached hydrogens (tertiary/aromatic N) is 1. The van der Waals surface area contributed by atoms with E-state index in [4.69, 9.17) is 4.98 Å². The number of nitrogens with one attached hydrogen (secondary N) is 3. The van der Waals surface area contributed by atoms with Gasteiger partial charge in [0, 0.05) is 34.0 Å². The third-order valence-electron chi connectivity index (χ3n) is 4.37. The van der Waals surface area contributed by atoms with Crippen LogP contribution in [0.25, 0.3) is 33.3 Å². The van der Waals surface area contributed by atoms with Crippen LogP contribution in [0, 0.1) is 0 Å². The molecule has 0 amide bonds. The van der Waals surface area contributed by atoms with Gasteiger partial charge in [-0.25, -0.2) is 4.98 Å². The van der Waals surface area contributed by atoms with E-state index in [9.17, 15) is 0 Å². The highest BCUT2D eigenvalue weighted by Crippen LogP contribution is 2.26. The zero-order valence-corrected chi connectivity index (χ0v) is 13.5. The predicted molar refractivity (Wildman–Crippen MR) is 103 cm³/mol. The Morgan fingerprint density at radius 1 is 0.760 bits per heavy atom. The second-order valence-electron chi connectivity index (χ2n) is 6.09. The van der Waals surface area contributed by atoms with Gasteiger partial charge in [0.1, 0.15) is 5.82 Å². The molecular formula is C21H16N4. The molecule has 4 nitrogen and oxygen atoms in total. The molecule has 3 aromatic carbocycles. The zero-order valence-electron chi connectivity index (χ0n) is 13.5. The summed E-state index contributed by atoms with van der Waals surface area (Å²) < 4.78 is 0. The summed E-state index contributed by atoms with van der Waals surface area (Å²) in [7, 11) is 0. The van der Waals surface area contributed by atoms with Crippen molar-refractivity contribution in [1.29, 1.82) is 0 Å². The van der Waals surface area contributed by atoms with Crippen molar-refractivity contribution in [2.45, 2.75) is 0 Å². The Morgan fingerprint density at radius 3 is 2.60 bits per heavy atom. The fourth-order valence-corrected chi connectivity index (χ4v) is 3.11. The minimum Gasteiger partial charge on any atom is -0.361 e. The molecule has 5 aromatic rings. The zero-order chi connectivity index (χ0) is 16.6. The highest BCUT2D eigenvalue weighted by atomic mass is 14.9. The van der Waals surface area contributed by atoms with Gasteiger partial charge in [-0.2, -0.15) is 0 Å². The summed E-state index contributed by atoms with van der Waals surface area (Å²) in [6, 6.07) is 24.7. The molecule has 2 heterocycles. The van der Waals surface area contributed by atoms with E-state index < -0.39 is 0 Å². The molecule has 0 saturated carbocycles. The summed E-state index contributed by atoms with van der Waals surface area (Å²) in [6.45, 7) is 0. The molecule has 0 aliphatic carbocycles. The first-order valence-corrected chi connectivity index (χ1v) is 8.24. The van der Waals surface area contributed by atoms with Crippen molar-refractivity contribution in [3.8, 4) is 11.4 Å². The van der Waals surface area contributed by atoms with Crippen molar-refractivity contribution in [2.75, 3.05) is 5.32 Å². The number of aromatic nitrogens is 3. The summed E-state index contributed by atoms with van der Waals surface area (Å²) >= 11 is 0. The maximum Gasteiger partial charge on any atom is 0.138 e. The predicted octanol–water partition coefficient (Wildman–Crippen LogP) is 5.45.